The Bertz CT molecular complexity index is 495. The zero-order valence-electron chi connectivity index (χ0n) is 10.3. The summed E-state index contributed by atoms with van der Waals surface area (Å²) in [7, 11) is -2.44. The van der Waals surface area contributed by atoms with Gasteiger partial charge in [-0.1, -0.05) is 0 Å². The van der Waals surface area contributed by atoms with Crippen LogP contribution in [0.3, 0.4) is 0 Å². The number of unbranched alkanes of at least 4 members (excludes halogenated alkanes) is 1. The molecule has 0 aliphatic heterocycles. The molecule has 0 spiro atoms. The minimum absolute atomic E-state index is 0.113. The van der Waals surface area contributed by atoms with E-state index >= 15 is 0 Å². The predicted molar refractivity (Wildman–Crippen MR) is 63.1 cm³/mol. The van der Waals surface area contributed by atoms with Crippen LogP contribution in [0.4, 0.5) is 13.2 Å². The summed E-state index contributed by atoms with van der Waals surface area (Å²) in [5.41, 5.74) is -1.10. The second-order valence-electron chi connectivity index (χ2n) is 3.97. The van der Waals surface area contributed by atoms with E-state index in [4.69, 9.17) is 19.9 Å². The van der Waals surface area contributed by atoms with E-state index in [9.17, 15) is 18.0 Å². The van der Waals surface area contributed by atoms with E-state index < -0.39 is 41.8 Å². The van der Waals surface area contributed by atoms with Crippen molar-refractivity contribution in [3.8, 4) is 5.75 Å². The van der Waals surface area contributed by atoms with Crippen molar-refractivity contribution in [1.29, 1.82) is 0 Å². The fourth-order valence-electron chi connectivity index (χ4n) is 1.51. The number of halogens is 3. The molecule has 0 aliphatic rings. The number of benzene rings is 1. The molecule has 0 aromatic heterocycles. The standard InChI is InChI=1S/C11H12BF3O5/c13-6-5-7(14)11(10(15)9(6)12(18)19)20-4-2-1-3-8(16)17/h5,18-19H,1-4H2,(H,16,17). The molecule has 1 aromatic carbocycles. The van der Waals surface area contributed by atoms with E-state index in [0.717, 1.165) is 0 Å². The van der Waals surface area contributed by atoms with E-state index in [-0.39, 0.29) is 31.9 Å². The lowest BCUT2D eigenvalue weighted by atomic mass is 9.79. The highest BCUT2D eigenvalue weighted by atomic mass is 19.1. The SMILES string of the molecule is O=C(O)CCCCOc1c(F)cc(F)c(B(O)O)c1F. The first-order valence-corrected chi connectivity index (χ1v) is 5.72. The lowest BCUT2D eigenvalue weighted by molar-refractivity contribution is -0.137. The number of rotatable bonds is 7. The fraction of sp³-hybridized carbons (Fsp3) is 0.364. The molecule has 9 heteroatoms. The summed E-state index contributed by atoms with van der Waals surface area (Å²) in [6.45, 7) is -0.187. The topological polar surface area (TPSA) is 87.0 Å². The summed E-state index contributed by atoms with van der Waals surface area (Å²) in [6, 6.07) is 0.282. The van der Waals surface area contributed by atoms with E-state index in [0.29, 0.717) is 0 Å². The van der Waals surface area contributed by atoms with Gasteiger partial charge in [-0.15, -0.1) is 0 Å². The van der Waals surface area contributed by atoms with Crippen LogP contribution in [0, 0.1) is 17.5 Å². The van der Waals surface area contributed by atoms with Crippen LogP contribution in [0.1, 0.15) is 19.3 Å². The van der Waals surface area contributed by atoms with E-state index in [2.05, 4.69) is 0 Å². The lowest BCUT2D eigenvalue weighted by Gasteiger charge is -2.11. The van der Waals surface area contributed by atoms with Gasteiger partial charge in [-0.25, -0.2) is 13.2 Å². The van der Waals surface area contributed by atoms with Gasteiger partial charge in [0.15, 0.2) is 17.4 Å². The Kier molecular flexibility index (Phi) is 5.84. The number of aliphatic carboxylic acids is 1. The van der Waals surface area contributed by atoms with Crippen molar-refractivity contribution >= 4 is 18.6 Å². The highest BCUT2D eigenvalue weighted by Crippen LogP contribution is 2.22. The zero-order valence-corrected chi connectivity index (χ0v) is 10.3. The summed E-state index contributed by atoms with van der Waals surface area (Å²) in [6.07, 6.45) is 0.354. The maximum absolute atomic E-state index is 13.7. The van der Waals surface area contributed by atoms with Gasteiger partial charge in [-0.05, 0) is 12.8 Å². The molecule has 0 bridgehead atoms. The third-order valence-corrected chi connectivity index (χ3v) is 2.45. The van der Waals surface area contributed by atoms with Gasteiger partial charge in [0.05, 0.1) is 12.1 Å². The molecule has 0 heterocycles. The Hall–Kier alpha value is -1.74. The van der Waals surface area contributed by atoms with E-state index in [1.54, 1.807) is 0 Å². The molecule has 1 aromatic rings. The second-order valence-corrected chi connectivity index (χ2v) is 3.97. The van der Waals surface area contributed by atoms with Crippen molar-refractivity contribution in [2.45, 2.75) is 19.3 Å². The Morgan fingerprint density at radius 3 is 2.40 bits per heavy atom. The van der Waals surface area contributed by atoms with Gasteiger partial charge < -0.3 is 19.9 Å². The minimum atomic E-state index is -2.44. The monoisotopic (exact) mass is 292 g/mol. The van der Waals surface area contributed by atoms with Crippen LogP contribution in [0.25, 0.3) is 0 Å². The quantitative estimate of drug-likeness (QED) is 0.501. The van der Waals surface area contributed by atoms with E-state index in [1.807, 2.05) is 0 Å². The Morgan fingerprint density at radius 1 is 1.20 bits per heavy atom. The molecule has 5 nitrogen and oxygen atoms in total. The molecule has 0 fully saturated rings. The molecule has 20 heavy (non-hydrogen) atoms. The third kappa shape index (κ3) is 4.14. The van der Waals surface area contributed by atoms with Gasteiger partial charge >= 0.3 is 13.1 Å². The van der Waals surface area contributed by atoms with Crippen LogP contribution in [0.2, 0.25) is 0 Å². The first-order valence-electron chi connectivity index (χ1n) is 5.72. The van der Waals surface area contributed by atoms with Crippen molar-refractivity contribution in [1.82, 2.24) is 0 Å². The van der Waals surface area contributed by atoms with Gasteiger partial charge in [-0.3, -0.25) is 4.79 Å². The number of hydrogen-bond acceptors (Lipinski definition) is 4. The van der Waals surface area contributed by atoms with Crippen LogP contribution >= 0.6 is 0 Å². The Morgan fingerprint density at radius 2 is 1.85 bits per heavy atom. The normalized spacial score (nSPS) is 10.4. The molecule has 1 rings (SSSR count). The first kappa shape index (κ1) is 16.3. The summed E-state index contributed by atoms with van der Waals surface area (Å²) in [5.74, 6) is -6.22. The number of carbonyl (C=O) groups is 1. The second kappa shape index (κ2) is 7.16. The molecular weight excluding hydrogens is 280 g/mol. The van der Waals surface area contributed by atoms with Gasteiger partial charge in [0.1, 0.15) is 5.82 Å². The van der Waals surface area contributed by atoms with Gasteiger partial charge in [0, 0.05) is 12.5 Å². The molecule has 0 saturated heterocycles. The number of carboxylic acids is 1. The molecule has 0 radical (unpaired) electrons. The van der Waals surface area contributed by atoms with Crippen molar-refractivity contribution in [2.75, 3.05) is 6.61 Å². The van der Waals surface area contributed by atoms with Crippen molar-refractivity contribution < 1.29 is 37.9 Å². The lowest BCUT2D eigenvalue weighted by Crippen LogP contribution is -2.36. The zero-order chi connectivity index (χ0) is 15.3. The number of hydrogen-bond donors (Lipinski definition) is 3. The predicted octanol–water partition coefficient (Wildman–Crippen LogP) is 0.417. The molecule has 0 atom stereocenters. The van der Waals surface area contributed by atoms with Crippen molar-refractivity contribution in [3.05, 3.63) is 23.5 Å². The molecule has 0 unspecified atom stereocenters. The van der Waals surface area contributed by atoms with Gasteiger partial charge in [0.2, 0.25) is 0 Å². The smallest absolute Gasteiger partial charge is 0.488 e. The maximum atomic E-state index is 13.7. The van der Waals surface area contributed by atoms with Gasteiger partial charge in [0.25, 0.3) is 0 Å². The summed E-state index contributed by atoms with van der Waals surface area (Å²) < 4.78 is 44.9. The van der Waals surface area contributed by atoms with Crippen LogP contribution in [-0.2, 0) is 4.79 Å². The minimum Gasteiger partial charge on any atom is -0.488 e. The fourth-order valence-corrected chi connectivity index (χ4v) is 1.51. The van der Waals surface area contributed by atoms with Crippen LogP contribution < -0.4 is 10.2 Å². The third-order valence-electron chi connectivity index (χ3n) is 2.45. The summed E-state index contributed by atoms with van der Waals surface area (Å²) in [5, 5.41) is 26.0. The van der Waals surface area contributed by atoms with Gasteiger partial charge in [-0.2, -0.15) is 0 Å². The molecule has 3 N–H and O–H groups in total. The van der Waals surface area contributed by atoms with Crippen molar-refractivity contribution in [2.24, 2.45) is 0 Å². The van der Waals surface area contributed by atoms with Crippen LogP contribution in [0.5, 0.6) is 5.75 Å². The largest absolute Gasteiger partial charge is 0.494 e. The average molecular weight is 292 g/mol. The Balaban J connectivity index is 2.75. The highest BCUT2D eigenvalue weighted by molar-refractivity contribution is 6.58. The summed E-state index contributed by atoms with van der Waals surface area (Å²) >= 11 is 0. The molecular formula is C11H12BF3O5. The summed E-state index contributed by atoms with van der Waals surface area (Å²) in [4.78, 5) is 10.2. The molecule has 0 aliphatic carbocycles. The number of carboxylic acid groups (broad SMARTS) is 1. The molecule has 0 saturated carbocycles. The first-order chi connectivity index (χ1) is 9.34. The van der Waals surface area contributed by atoms with Crippen LogP contribution in [-0.4, -0.2) is 34.8 Å². The Labute approximate surface area is 112 Å². The molecule has 110 valence electrons. The van der Waals surface area contributed by atoms with Crippen molar-refractivity contribution in [3.63, 3.8) is 0 Å². The molecule has 0 amide bonds. The average Bonchev–Trinajstić information content (AvgIpc) is 2.30. The highest BCUT2D eigenvalue weighted by Gasteiger charge is 2.27. The van der Waals surface area contributed by atoms with E-state index in [1.165, 1.54) is 0 Å². The maximum Gasteiger partial charge on any atom is 0.494 e. The van der Waals surface area contributed by atoms with Crippen LogP contribution in [0.15, 0.2) is 6.07 Å². The number of ether oxygens (including phenoxy) is 1.